The van der Waals surface area contributed by atoms with Gasteiger partial charge < -0.3 is 15.9 Å². The van der Waals surface area contributed by atoms with Crippen molar-refractivity contribution in [1.29, 1.82) is 0 Å². The van der Waals surface area contributed by atoms with Crippen LogP contribution in [0.3, 0.4) is 0 Å². The van der Waals surface area contributed by atoms with Crippen molar-refractivity contribution in [3.63, 3.8) is 0 Å². The minimum atomic E-state index is -1.10. The van der Waals surface area contributed by atoms with Gasteiger partial charge in [-0.2, -0.15) is 0 Å². The Morgan fingerprint density at radius 2 is 2.07 bits per heavy atom. The minimum absolute atomic E-state index is 0.0403. The average Bonchev–Trinajstić information content (AvgIpc) is 2.20. The number of hydrogen-bond acceptors (Lipinski definition) is 4. The van der Waals surface area contributed by atoms with E-state index in [1.807, 2.05) is 0 Å². The van der Waals surface area contributed by atoms with Crippen molar-refractivity contribution in [1.82, 2.24) is 4.98 Å². The molecule has 0 aliphatic rings. The van der Waals surface area contributed by atoms with E-state index in [0.29, 0.717) is 5.56 Å². The molecule has 1 aromatic heterocycles. The molecule has 2 unspecified atom stereocenters. The summed E-state index contributed by atoms with van der Waals surface area (Å²) >= 11 is 11.3. The van der Waals surface area contributed by atoms with Crippen molar-refractivity contribution in [3.05, 3.63) is 28.0 Å². The lowest BCUT2D eigenvalue weighted by Crippen LogP contribution is -2.27. The third kappa shape index (κ3) is 2.56. The summed E-state index contributed by atoms with van der Waals surface area (Å²) in [6.45, 7) is -0.0403. The quantitative estimate of drug-likeness (QED) is 0.677. The Morgan fingerprint density at radius 3 is 2.57 bits per heavy atom. The second-order valence-electron chi connectivity index (χ2n) is 2.79. The highest BCUT2D eigenvalue weighted by Gasteiger charge is 2.17. The molecular formula is C8H10Cl2N2O2. The van der Waals surface area contributed by atoms with Crippen LogP contribution in [0.5, 0.6) is 0 Å². The van der Waals surface area contributed by atoms with Gasteiger partial charge in [0.05, 0.1) is 11.1 Å². The monoisotopic (exact) mass is 236 g/mol. The fourth-order valence-corrected chi connectivity index (χ4v) is 1.23. The van der Waals surface area contributed by atoms with Crippen molar-refractivity contribution < 1.29 is 10.2 Å². The van der Waals surface area contributed by atoms with Gasteiger partial charge in [-0.05, 0) is 6.07 Å². The zero-order chi connectivity index (χ0) is 10.7. The molecule has 4 nitrogen and oxygen atoms in total. The normalized spacial score (nSPS) is 15.2. The molecule has 0 amide bonds. The van der Waals surface area contributed by atoms with E-state index in [1.165, 1.54) is 12.3 Å². The van der Waals surface area contributed by atoms with Crippen molar-refractivity contribution >= 4 is 23.2 Å². The van der Waals surface area contributed by atoms with E-state index in [0.717, 1.165) is 0 Å². The molecular weight excluding hydrogens is 227 g/mol. The molecule has 0 aliphatic heterocycles. The zero-order valence-electron chi connectivity index (χ0n) is 7.19. The minimum Gasteiger partial charge on any atom is -0.389 e. The number of nitrogens with zero attached hydrogens (tertiary/aromatic N) is 1. The van der Waals surface area contributed by atoms with E-state index < -0.39 is 12.2 Å². The smallest absolute Gasteiger partial charge is 0.147 e. The lowest BCUT2D eigenvalue weighted by molar-refractivity contribution is 0.0241. The van der Waals surface area contributed by atoms with Crippen LogP contribution in [0.1, 0.15) is 11.7 Å². The first-order chi connectivity index (χ1) is 6.56. The molecule has 1 aromatic rings. The Morgan fingerprint density at radius 1 is 1.43 bits per heavy atom. The molecule has 0 spiro atoms. The maximum atomic E-state index is 9.53. The highest BCUT2D eigenvalue weighted by molar-refractivity contribution is 6.41. The Kier molecular flexibility index (Phi) is 4.10. The third-order valence-electron chi connectivity index (χ3n) is 1.76. The standard InChI is InChI=1S/C8H10Cl2N2O2/c9-5-1-4(3-12-8(5)10)7(14)6(13)2-11/h1,3,6-7,13-14H,2,11H2. The summed E-state index contributed by atoms with van der Waals surface area (Å²) in [5.74, 6) is 0. The predicted molar refractivity (Wildman–Crippen MR) is 54.3 cm³/mol. The number of aliphatic hydroxyl groups is 2. The molecule has 78 valence electrons. The first kappa shape index (κ1) is 11.7. The molecule has 0 saturated heterocycles. The molecule has 0 aliphatic carbocycles. The van der Waals surface area contributed by atoms with Gasteiger partial charge >= 0.3 is 0 Å². The fourth-order valence-electron chi connectivity index (χ4n) is 0.949. The molecule has 0 saturated carbocycles. The largest absolute Gasteiger partial charge is 0.389 e. The molecule has 4 N–H and O–H groups in total. The van der Waals surface area contributed by atoms with Gasteiger partial charge in [-0.3, -0.25) is 0 Å². The average molecular weight is 237 g/mol. The number of hydrogen-bond donors (Lipinski definition) is 3. The molecule has 6 heteroatoms. The number of halogens is 2. The highest BCUT2D eigenvalue weighted by Crippen LogP contribution is 2.24. The van der Waals surface area contributed by atoms with Gasteiger partial charge in [0.25, 0.3) is 0 Å². The fraction of sp³-hybridized carbons (Fsp3) is 0.375. The number of pyridine rings is 1. The van der Waals surface area contributed by atoms with E-state index in [-0.39, 0.29) is 16.7 Å². The Labute approximate surface area is 91.3 Å². The van der Waals surface area contributed by atoms with Crippen molar-refractivity contribution in [2.24, 2.45) is 5.73 Å². The summed E-state index contributed by atoms with van der Waals surface area (Å²) in [5, 5.41) is 19.2. The summed E-state index contributed by atoms with van der Waals surface area (Å²) < 4.78 is 0. The van der Waals surface area contributed by atoms with E-state index in [1.54, 1.807) is 0 Å². The second-order valence-corrected chi connectivity index (χ2v) is 3.55. The van der Waals surface area contributed by atoms with E-state index in [4.69, 9.17) is 28.9 Å². The second kappa shape index (κ2) is 4.91. The molecule has 1 rings (SSSR count). The number of rotatable bonds is 3. The van der Waals surface area contributed by atoms with Gasteiger partial charge in [0, 0.05) is 18.3 Å². The van der Waals surface area contributed by atoms with Gasteiger partial charge in [-0.15, -0.1) is 0 Å². The first-order valence-corrected chi connectivity index (χ1v) is 4.69. The summed E-state index contributed by atoms with van der Waals surface area (Å²) in [6.07, 6.45) is -0.783. The molecule has 2 atom stereocenters. The first-order valence-electron chi connectivity index (χ1n) is 3.93. The number of nitrogens with two attached hydrogens (primary N) is 1. The Balaban J connectivity index is 2.91. The topological polar surface area (TPSA) is 79.4 Å². The van der Waals surface area contributed by atoms with Crippen LogP contribution in [0.25, 0.3) is 0 Å². The SMILES string of the molecule is NCC(O)C(O)c1cnc(Cl)c(Cl)c1. The summed E-state index contributed by atoms with van der Waals surface area (Å²) in [5.41, 5.74) is 5.58. The molecule has 14 heavy (non-hydrogen) atoms. The van der Waals surface area contributed by atoms with Crippen LogP contribution < -0.4 is 5.73 Å². The third-order valence-corrected chi connectivity index (χ3v) is 2.45. The van der Waals surface area contributed by atoms with Crippen LogP contribution >= 0.6 is 23.2 Å². The van der Waals surface area contributed by atoms with Gasteiger partial charge in [-0.25, -0.2) is 4.98 Å². The van der Waals surface area contributed by atoms with Gasteiger partial charge in [-0.1, -0.05) is 23.2 Å². The molecule has 0 radical (unpaired) electrons. The van der Waals surface area contributed by atoms with Crippen LogP contribution in [-0.4, -0.2) is 27.8 Å². The predicted octanol–water partition coefficient (Wildman–Crippen LogP) is 0.741. The van der Waals surface area contributed by atoms with Crippen LogP contribution in [0.15, 0.2) is 12.3 Å². The molecule has 0 fully saturated rings. The van der Waals surface area contributed by atoms with Crippen molar-refractivity contribution in [3.8, 4) is 0 Å². The lowest BCUT2D eigenvalue weighted by Gasteiger charge is -2.16. The highest BCUT2D eigenvalue weighted by atomic mass is 35.5. The molecule has 0 bridgehead atoms. The zero-order valence-corrected chi connectivity index (χ0v) is 8.70. The van der Waals surface area contributed by atoms with E-state index in [2.05, 4.69) is 4.98 Å². The van der Waals surface area contributed by atoms with E-state index in [9.17, 15) is 10.2 Å². The summed E-state index contributed by atoms with van der Waals surface area (Å²) in [7, 11) is 0. The van der Waals surface area contributed by atoms with Crippen LogP contribution in [0, 0.1) is 0 Å². The molecule has 0 aromatic carbocycles. The van der Waals surface area contributed by atoms with E-state index >= 15 is 0 Å². The van der Waals surface area contributed by atoms with Crippen LogP contribution in [0.4, 0.5) is 0 Å². The van der Waals surface area contributed by atoms with Crippen LogP contribution in [-0.2, 0) is 0 Å². The summed E-state index contributed by atoms with van der Waals surface area (Å²) in [6, 6.07) is 1.44. The van der Waals surface area contributed by atoms with Crippen LogP contribution in [0.2, 0.25) is 10.2 Å². The summed E-state index contributed by atoms with van der Waals surface area (Å²) in [4.78, 5) is 3.74. The maximum Gasteiger partial charge on any atom is 0.147 e. The van der Waals surface area contributed by atoms with Gasteiger partial charge in [0.15, 0.2) is 0 Å². The van der Waals surface area contributed by atoms with Gasteiger partial charge in [0.2, 0.25) is 0 Å². The number of aromatic nitrogens is 1. The number of aliphatic hydroxyl groups excluding tert-OH is 2. The van der Waals surface area contributed by atoms with Crippen molar-refractivity contribution in [2.75, 3.05) is 6.54 Å². The Bertz CT molecular complexity index is 322. The Hall–Kier alpha value is -0.390. The van der Waals surface area contributed by atoms with Gasteiger partial charge in [0.1, 0.15) is 11.3 Å². The maximum absolute atomic E-state index is 9.53. The van der Waals surface area contributed by atoms with Crippen molar-refractivity contribution in [2.45, 2.75) is 12.2 Å². The molecule has 1 heterocycles. The lowest BCUT2D eigenvalue weighted by atomic mass is 10.1.